The molecule has 0 saturated carbocycles. The highest BCUT2D eigenvalue weighted by molar-refractivity contribution is 6.68. The summed E-state index contributed by atoms with van der Waals surface area (Å²) >= 11 is 16.3. The van der Waals surface area contributed by atoms with Gasteiger partial charge in [-0.2, -0.15) is 0 Å². The first-order valence-corrected chi connectivity index (χ1v) is 3.45. The maximum absolute atomic E-state index is 5.43. The van der Waals surface area contributed by atoms with Crippen molar-refractivity contribution in [1.29, 1.82) is 0 Å². The van der Waals surface area contributed by atoms with E-state index in [2.05, 4.69) is 0 Å². The monoisotopic (exact) mass is 191 g/mol. The molecule has 0 heterocycles. The molecule has 0 saturated heterocycles. The van der Waals surface area contributed by atoms with Crippen LogP contribution in [0.5, 0.6) is 0 Å². The fourth-order valence-corrected chi connectivity index (χ4v) is 0.898. The van der Waals surface area contributed by atoms with Gasteiger partial charge in [0.15, 0.2) is 0 Å². The van der Waals surface area contributed by atoms with Gasteiger partial charge in [0.1, 0.15) is 6.10 Å². The summed E-state index contributed by atoms with van der Waals surface area (Å²) in [4.78, 5) is 0. The van der Waals surface area contributed by atoms with Crippen molar-refractivity contribution >= 4 is 34.8 Å². The maximum Gasteiger partial charge on any atom is 0.217 e. The normalized spacial score (nSPS) is 15.7. The van der Waals surface area contributed by atoms with Crippen LogP contribution in [-0.2, 0) is 4.74 Å². The summed E-state index contributed by atoms with van der Waals surface area (Å²) in [6.07, 6.45) is -0.525. The van der Waals surface area contributed by atoms with Gasteiger partial charge in [0.2, 0.25) is 3.79 Å². The number of halogens is 3. The van der Waals surface area contributed by atoms with Gasteiger partial charge in [0, 0.05) is 13.7 Å². The molecule has 1 atom stereocenters. The lowest BCUT2D eigenvalue weighted by Gasteiger charge is -2.20. The van der Waals surface area contributed by atoms with Gasteiger partial charge in [-0.05, 0) is 0 Å². The summed E-state index contributed by atoms with van der Waals surface area (Å²) in [6, 6.07) is 0. The molecular formula is C4H8Cl3NO. The van der Waals surface area contributed by atoms with Crippen molar-refractivity contribution in [3.63, 3.8) is 0 Å². The number of ether oxygens (including phenoxy) is 1. The lowest BCUT2D eigenvalue weighted by molar-refractivity contribution is 0.113. The van der Waals surface area contributed by atoms with Crippen molar-refractivity contribution in [2.75, 3.05) is 13.7 Å². The predicted octanol–water partition coefficient (Wildman–Crippen LogP) is 1.33. The zero-order valence-electron chi connectivity index (χ0n) is 4.90. The maximum atomic E-state index is 5.43. The van der Waals surface area contributed by atoms with Crippen LogP contribution in [0.4, 0.5) is 0 Å². The Hall–Kier alpha value is 0.790. The van der Waals surface area contributed by atoms with E-state index in [-0.39, 0.29) is 6.54 Å². The molecule has 0 radical (unpaired) electrons. The standard InChI is InChI=1S/C4H8Cl3NO/c1-9-3(2-8)4(5,6)7/h3H,2,8H2,1H3/t3-/m0/s1. The Bertz CT molecular complexity index is 78.4. The third kappa shape index (κ3) is 3.48. The van der Waals surface area contributed by atoms with Crippen molar-refractivity contribution in [1.82, 2.24) is 0 Å². The van der Waals surface area contributed by atoms with E-state index in [1.54, 1.807) is 0 Å². The zero-order valence-corrected chi connectivity index (χ0v) is 7.17. The third-order valence-electron chi connectivity index (χ3n) is 0.864. The summed E-state index contributed by atoms with van der Waals surface area (Å²) in [5, 5.41) is 0. The van der Waals surface area contributed by atoms with Gasteiger partial charge in [-0.15, -0.1) is 0 Å². The van der Waals surface area contributed by atoms with Crippen LogP contribution >= 0.6 is 34.8 Å². The molecule has 5 heteroatoms. The summed E-state index contributed by atoms with van der Waals surface area (Å²) in [5.41, 5.74) is 5.19. The van der Waals surface area contributed by atoms with Gasteiger partial charge in [0.05, 0.1) is 0 Å². The summed E-state index contributed by atoms with van der Waals surface area (Å²) in [7, 11) is 1.44. The van der Waals surface area contributed by atoms with Crippen LogP contribution in [0.2, 0.25) is 0 Å². The number of alkyl halides is 3. The SMILES string of the molecule is CO[C@@H](CN)C(Cl)(Cl)Cl. The Kier molecular flexibility index (Phi) is 4.17. The molecule has 0 aromatic heterocycles. The Balaban J connectivity index is 3.79. The molecule has 0 aliphatic heterocycles. The number of hydrogen-bond acceptors (Lipinski definition) is 2. The van der Waals surface area contributed by atoms with E-state index in [1.807, 2.05) is 0 Å². The zero-order chi connectivity index (χ0) is 7.49. The molecule has 2 nitrogen and oxygen atoms in total. The van der Waals surface area contributed by atoms with E-state index in [9.17, 15) is 0 Å². The van der Waals surface area contributed by atoms with E-state index >= 15 is 0 Å². The minimum Gasteiger partial charge on any atom is -0.376 e. The Morgan fingerprint density at radius 1 is 1.56 bits per heavy atom. The topological polar surface area (TPSA) is 35.2 Å². The molecular weight excluding hydrogens is 184 g/mol. The second kappa shape index (κ2) is 3.84. The van der Waals surface area contributed by atoms with Crippen molar-refractivity contribution in [3.05, 3.63) is 0 Å². The first kappa shape index (κ1) is 9.79. The smallest absolute Gasteiger partial charge is 0.217 e. The van der Waals surface area contributed by atoms with Gasteiger partial charge in [0.25, 0.3) is 0 Å². The fraction of sp³-hybridized carbons (Fsp3) is 1.00. The minimum atomic E-state index is -1.41. The lowest BCUT2D eigenvalue weighted by Crippen LogP contribution is -2.34. The number of hydrogen-bond donors (Lipinski definition) is 1. The molecule has 9 heavy (non-hydrogen) atoms. The molecule has 0 aliphatic rings. The van der Waals surface area contributed by atoms with Crippen molar-refractivity contribution in [2.45, 2.75) is 9.90 Å². The van der Waals surface area contributed by atoms with Crippen LogP contribution in [-0.4, -0.2) is 23.6 Å². The number of methoxy groups -OCH3 is 1. The highest BCUT2D eigenvalue weighted by Gasteiger charge is 2.31. The summed E-state index contributed by atoms with van der Waals surface area (Å²) in [6.45, 7) is 0.201. The first-order chi connectivity index (χ1) is 4.02. The average Bonchev–Trinajstić information content (AvgIpc) is 1.65. The highest BCUT2D eigenvalue weighted by Crippen LogP contribution is 2.31. The van der Waals surface area contributed by atoms with Gasteiger partial charge in [-0.3, -0.25) is 0 Å². The molecule has 0 unspecified atom stereocenters. The van der Waals surface area contributed by atoms with Gasteiger partial charge < -0.3 is 10.5 Å². The largest absolute Gasteiger partial charge is 0.376 e. The molecule has 0 bridgehead atoms. The van der Waals surface area contributed by atoms with E-state index in [0.717, 1.165) is 0 Å². The molecule has 56 valence electrons. The predicted molar refractivity (Wildman–Crippen MR) is 40.1 cm³/mol. The van der Waals surface area contributed by atoms with E-state index < -0.39 is 9.90 Å². The van der Waals surface area contributed by atoms with Crippen LogP contribution in [0.3, 0.4) is 0 Å². The van der Waals surface area contributed by atoms with E-state index in [0.29, 0.717) is 0 Å². The molecule has 0 aromatic carbocycles. The summed E-state index contributed by atoms with van der Waals surface area (Å²) in [5.74, 6) is 0. The molecule has 0 spiro atoms. The third-order valence-corrected chi connectivity index (χ3v) is 1.59. The second-order valence-corrected chi connectivity index (χ2v) is 3.87. The van der Waals surface area contributed by atoms with Crippen molar-refractivity contribution in [3.8, 4) is 0 Å². The first-order valence-electron chi connectivity index (χ1n) is 2.32. The quantitative estimate of drug-likeness (QED) is 0.670. The van der Waals surface area contributed by atoms with Crippen LogP contribution in [0, 0.1) is 0 Å². The molecule has 0 rings (SSSR count). The average molecular weight is 192 g/mol. The molecule has 0 aliphatic carbocycles. The Morgan fingerprint density at radius 3 is 2.00 bits per heavy atom. The summed E-state index contributed by atoms with van der Waals surface area (Å²) < 4.78 is 3.33. The van der Waals surface area contributed by atoms with Gasteiger partial charge >= 0.3 is 0 Å². The second-order valence-electron chi connectivity index (χ2n) is 1.50. The molecule has 0 aromatic rings. The van der Waals surface area contributed by atoms with Crippen molar-refractivity contribution < 1.29 is 4.74 Å². The molecule has 2 N–H and O–H groups in total. The highest BCUT2D eigenvalue weighted by atomic mass is 35.6. The number of nitrogens with two attached hydrogens (primary N) is 1. The van der Waals surface area contributed by atoms with Crippen LogP contribution in [0.25, 0.3) is 0 Å². The Morgan fingerprint density at radius 2 is 2.00 bits per heavy atom. The lowest BCUT2D eigenvalue weighted by atomic mass is 10.4. The molecule has 0 amide bonds. The van der Waals surface area contributed by atoms with Gasteiger partial charge in [-0.25, -0.2) is 0 Å². The van der Waals surface area contributed by atoms with Crippen LogP contribution in [0.1, 0.15) is 0 Å². The van der Waals surface area contributed by atoms with E-state index in [1.165, 1.54) is 7.11 Å². The van der Waals surface area contributed by atoms with Gasteiger partial charge in [-0.1, -0.05) is 34.8 Å². The van der Waals surface area contributed by atoms with Crippen LogP contribution < -0.4 is 5.73 Å². The van der Waals surface area contributed by atoms with Crippen LogP contribution in [0.15, 0.2) is 0 Å². The van der Waals surface area contributed by atoms with E-state index in [4.69, 9.17) is 45.3 Å². The minimum absolute atomic E-state index is 0.201. The fourth-order valence-electron chi connectivity index (χ4n) is 0.363. The molecule has 0 fully saturated rings. The Labute approximate surface area is 69.2 Å². The van der Waals surface area contributed by atoms with Crippen molar-refractivity contribution in [2.24, 2.45) is 5.73 Å². The number of rotatable bonds is 2.